The van der Waals surface area contributed by atoms with Crippen molar-refractivity contribution in [1.82, 2.24) is 10.6 Å². The second kappa shape index (κ2) is 7.13. The maximum absolute atomic E-state index is 12.7. The van der Waals surface area contributed by atoms with Gasteiger partial charge in [-0.2, -0.15) is 0 Å². The van der Waals surface area contributed by atoms with Crippen LogP contribution in [0.5, 0.6) is 0 Å². The number of rotatable bonds is 4. The first kappa shape index (κ1) is 15.5. The first-order valence-corrected chi connectivity index (χ1v) is 6.80. The van der Waals surface area contributed by atoms with Crippen molar-refractivity contribution in [2.24, 2.45) is 0 Å². The lowest BCUT2D eigenvalue weighted by molar-refractivity contribution is -0.119. The van der Waals surface area contributed by atoms with Crippen molar-refractivity contribution in [2.75, 3.05) is 0 Å². The maximum atomic E-state index is 12.7. The number of hydrogen-bond acceptors (Lipinski definition) is 3. The molecule has 1 rings (SSSR count). The van der Waals surface area contributed by atoms with Gasteiger partial charge in [0.25, 0.3) is 0 Å². The van der Waals surface area contributed by atoms with Crippen LogP contribution in [0.1, 0.15) is 20.8 Å². The molecule has 0 heterocycles. The first-order valence-electron chi connectivity index (χ1n) is 5.92. The Bertz CT molecular complexity index is 448. The molecule has 1 aromatic rings. The van der Waals surface area contributed by atoms with E-state index >= 15 is 0 Å². The lowest BCUT2D eigenvalue weighted by Gasteiger charge is -2.13. The summed E-state index contributed by atoms with van der Waals surface area (Å²) in [5.74, 6) is -0.703. The van der Waals surface area contributed by atoms with E-state index in [2.05, 4.69) is 10.6 Å². The molecule has 0 saturated heterocycles. The SMILES string of the molecule is CC(C)NC(=O)NC(=O)[C@H](C)Sc1ccc(F)cc1. The summed E-state index contributed by atoms with van der Waals surface area (Å²) < 4.78 is 12.7. The maximum Gasteiger partial charge on any atom is 0.321 e. The Morgan fingerprint density at radius 2 is 1.74 bits per heavy atom. The van der Waals surface area contributed by atoms with Crippen LogP contribution in [0, 0.1) is 5.82 Å². The summed E-state index contributed by atoms with van der Waals surface area (Å²) in [6, 6.07) is 5.31. The predicted octanol–water partition coefficient (Wildman–Crippen LogP) is 2.54. The van der Waals surface area contributed by atoms with Crippen molar-refractivity contribution in [3.05, 3.63) is 30.1 Å². The van der Waals surface area contributed by atoms with Crippen molar-refractivity contribution in [3.8, 4) is 0 Å². The van der Waals surface area contributed by atoms with Gasteiger partial charge in [-0.1, -0.05) is 0 Å². The van der Waals surface area contributed by atoms with E-state index in [4.69, 9.17) is 0 Å². The van der Waals surface area contributed by atoms with E-state index in [9.17, 15) is 14.0 Å². The van der Waals surface area contributed by atoms with Crippen LogP contribution < -0.4 is 10.6 Å². The number of nitrogens with one attached hydrogen (secondary N) is 2. The van der Waals surface area contributed by atoms with Crippen LogP contribution in [0.15, 0.2) is 29.2 Å². The molecular formula is C13H17FN2O2S. The molecule has 0 aliphatic rings. The average Bonchev–Trinajstić information content (AvgIpc) is 2.30. The van der Waals surface area contributed by atoms with Gasteiger partial charge in [0.15, 0.2) is 0 Å². The van der Waals surface area contributed by atoms with Crippen LogP contribution in [0.2, 0.25) is 0 Å². The Hall–Kier alpha value is -1.56. The molecule has 104 valence electrons. The van der Waals surface area contributed by atoms with Crippen molar-refractivity contribution < 1.29 is 14.0 Å². The second-order valence-corrected chi connectivity index (χ2v) is 5.75. The highest BCUT2D eigenvalue weighted by molar-refractivity contribution is 8.00. The van der Waals surface area contributed by atoms with E-state index in [0.29, 0.717) is 0 Å². The number of carbonyl (C=O) groups is 2. The molecule has 0 bridgehead atoms. The number of imide groups is 1. The summed E-state index contributed by atoms with van der Waals surface area (Å²) in [4.78, 5) is 23.9. The monoisotopic (exact) mass is 284 g/mol. The molecule has 6 heteroatoms. The van der Waals surface area contributed by atoms with Gasteiger partial charge in [0.2, 0.25) is 5.91 Å². The normalized spacial score (nSPS) is 12.1. The molecule has 0 unspecified atom stereocenters. The van der Waals surface area contributed by atoms with E-state index in [1.165, 1.54) is 23.9 Å². The Morgan fingerprint density at radius 3 is 2.26 bits per heavy atom. The van der Waals surface area contributed by atoms with Crippen LogP contribution in [-0.2, 0) is 4.79 Å². The molecule has 0 aromatic heterocycles. The predicted molar refractivity (Wildman–Crippen MR) is 73.5 cm³/mol. The quantitative estimate of drug-likeness (QED) is 0.835. The Balaban J connectivity index is 2.48. The summed E-state index contributed by atoms with van der Waals surface area (Å²) >= 11 is 1.26. The average molecular weight is 284 g/mol. The Labute approximate surface area is 116 Å². The summed E-state index contributed by atoms with van der Waals surface area (Å²) in [6.07, 6.45) is 0. The summed E-state index contributed by atoms with van der Waals surface area (Å²) in [7, 11) is 0. The molecule has 0 radical (unpaired) electrons. The molecule has 4 nitrogen and oxygen atoms in total. The smallest absolute Gasteiger partial charge is 0.321 e. The largest absolute Gasteiger partial charge is 0.336 e. The van der Waals surface area contributed by atoms with Crippen LogP contribution in [0.25, 0.3) is 0 Å². The fraction of sp³-hybridized carbons (Fsp3) is 0.385. The van der Waals surface area contributed by atoms with Crippen LogP contribution in [-0.4, -0.2) is 23.2 Å². The fourth-order valence-corrected chi connectivity index (χ4v) is 2.15. The van der Waals surface area contributed by atoms with Gasteiger partial charge in [0, 0.05) is 10.9 Å². The molecule has 1 atom stereocenters. The van der Waals surface area contributed by atoms with E-state index in [1.54, 1.807) is 32.9 Å². The van der Waals surface area contributed by atoms with E-state index in [0.717, 1.165) is 4.90 Å². The van der Waals surface area contributed by atoms with Gasteiger partial charge in [0.1, 0.15) is 5.82 Å². The Morgan fingerprint density at radius 1 is 1.16 bits per heavy atom. The molecular weight excluding hydrogens is 267 g/mol. The van der Waals surface area contributed by atoms with Gasteiger partial charge in [-0.15, -0.1) is 11.8 Å². The third-order valence-electron chi connectivity index (χ3n) is 2.15. The number of urea groups is 1. The topological polar surface area (TPSA) is 58.2 Å². The molecule has 0 saturated carbocycles. The van der Waals surface area contributed by atoms with Crippen LogP contribution in [0.3, 0.4) is 0 Å². The molecule has 0 spiro atoms. The number of carbonyl (C=O) groups excluding carboxylic acids is 2. The molecule has 0 aliphatic heterocycles. The summed E-state index contributed by atoms with van der Waals surface area (Å²) in [5.41, 5.74) is 0. The molecule has 0 aliphatic carbocycles. The first-order chi connectivity index (χ1) is 8.88. The molecule has 3 amide bonds. The fourth-order valence-electron chi connectivity index (χ4n) is 1.28. The molecule has 2 N–H and O–H groups in total. The van der Waals surface area contributed by atoms with Crippen molar-refractivity contribution in [1.29, 1.82) is 0 Å². The second-order valence-electron chi connectivity index (χ2n) is 4.33. The van der Waals surface area contributed by atoms with E-state index in [1.807, 2.05) is 0 Å². The third-order valence-corrected chi connectivity index (χ3v) is 3.26. The zero-order valence-corrected chi connectivity index (χ0v) is 11.9. The Kier molecular flexibility index (Phi) is 5.82. The minimum absolute atomic E-state index is 0.0344. The highest BCUT2D eigenvalue weighted by atomic mass is 32.2. The van der Waals surface area contributed by atoms with Gasteiger partial charge in [0.05, 0.1) is 5.25 Å². The van der Waals surface area contributed by atoms with Gasteiger partial charge >= 0.3 is 6.03 Å². The lowest BCUT2D eigenvalue weighted by Crippen LogP contribution is -2.45. The highest BCUT2D eigenvalue weighted by Gasteiger charge is 2.17. The number of thioether (sulfide) groups is 1. The lowest BCUT2D eigenvalue weighted by atomic mass is 10.3. The summed E-state index contributed by atoms with van der Waals surface area (Å²) in [6.45, 7) is 5.30. The highest BCUT2D eigenvalue weighted by Crippen LogP contribution is 2.23. The molecule has 19 heavy (non-hydrogen) atoms. The third kappa shape index (κ3) is 5.74. The van der Waals surface area contributed by atoms with Crippen molar-refractivity contribution >= 4 is 23.7 Å². The zero-order chi connectivity index (χ0) is 14.4. The van der Waals surface area contributed by atoms with Gasteiger partial charge in [-0.3, -0.25) is 10.1 Å². The number of halogens is 1. The van der Waals surface area contributed by atoms with Crippen LogP contribution >= 0.6 is 11.8 Å². The van der Waals surface area contributed by atoms with Gasteiger partial charge in [-0.25, -0.2) is 9.18 Å². The van der Waals surface area contributed by atoms with Crippen molar-refractivity contribution in [2.45, 2.75) is 37.0 Å². The van der Waals surface area contributed by atoms with Gasteiger partial charge in [-0.05, 0) is 45.0 Å². The standard InChI is InChI=1S/C13H17FN2O2S/c1-8(2)15-13(18)16-12(17)9(3)19-11-6-4-10(14)5-7-11/h4-9H,1-3H3,(H2,15,16,17,18)/t9-/m0/s1. The van der Waals surface area contributed by atoms with Crippen LogP contribution in [0.4, 0.5) is 9.18 Å². The minimum Gasteiger partial charge on any atom is -0.336 e. The summed E-state index contributed by atoms with van der Waals surface area (Å²) in [5, 5.41) is 4.39. The number of benzene rings is 1. The van der Waals surface area contributed by atoms with Gasteiger partial charge < -0.3 is 5.32 Å². The van der Waals surface area contributed by atoms with Crippen molar-refractivity contribution in [3.63, 3.8) is 0 Å². The van der Waals surface area contributed by atoms with E-state index in [-0.39, 0.29) is 17.8 Å². The zero-order valence-electron chi connectivity index (χ0n) is 11.1. The molecule has 1 aromatic carbocycles. The van der Waals surface area contributed by atoms with E-state index < -0.39 is 11.3 Å². The molecule has 0 fully saturated rings. The minimum atomic E-state index is -0.508. The number of amides is 3. The number of hydrogen-bond donors (Lipinski definition) is 2.